The lowest BCUT2D eigenvalue weighted by Gasteiger charge is -2.20. The molecular formula is C21H41O4P. The summed E-state index contributed by atoms with van der Waals surface area (Å²) in [7, 11) is -2.85. The number of hydrogen-bond acceptors (Lipinski definition) is 4. The second-order valence-corrected chi connectivity index (χ2v) is 9.90. The minimum absolute atomic E-state index is 0.189. The molecule has 0 aromatic rings. The lowest BCUT2D eigenvalue weighted by molar-refractivity contribution is -0.138. The number of ether oxygens (including phenoxy) is 1. The van der Waals surface area contributed by atoms with Crippen molar-refractivity contribution in [3.8, 4) is 0 Å². The van der Waals surface area contributed by atoms with Crippen molar-refractivity contribution < 1.29 is 18.6 Å². The number of allylic oxidation sites excluding steroid dienone is 1. The lowest BCUT2D eigenvalue weighted by atomic mass is 10.1. The monoisotopic (exact) mass is 388 g/mol. The highest BCUT2D eigenvalue weighted by molar-refractivity contribution is 7.59. The van der Waals surface area contributed by atoms with E-state index in [1.165, 1.54) is 38.5 Å². The van der Waals surface area contributed by atoms with Gasteiger partial charge in [0.1, 0.15) is 0 Å². The van der Waals surface area contributed by atoms with E-state index in [0.29, 0.717) is 24.9 Å². The highest BCUT2D eigenvalue weighted by Gasteiger charge is 2.28. The van der Waals surface area contributed by atoms with Crippen molar-refractivity contribution in [1.82, 2.24) is 0 Å². The maximum Gasteiger partial charge on any atom is 0.334 e. The average molecular weight is 389 g/mol. The van der Waals surface area contributed by atoms with Gasteiger partial charge in [0.05, 0.1) is 19.4 Å². The number of carbonyl (C=O) groups excluding carboxylic acids is 1. The molecule has 0 bridgehead atoms. The number of esters is 1. The Bertz CT molecular complexity index is 443. The molecule has 0 aliphatic carbocycles. The fraction of sp³-hybridized carbons (Fsp3) is 0.857. The second-order valence-electron chi connectivity index (χ2n) is 7.33. The minimum Gasteiger partial charge on any atom is -0.463 e. The zero-order valence-corrected chi connectivity index (χ0v) is 18.6. The third-order valence-electron chi connectivity index (χ3n) is 4.15. The molecule has 154 valence electrons. The van der Waals surface area contributed by atoms with Crippen molar-refractivity contribution in [3.05, 3.63) is 11.6 Å². The summed E-state index contributed by atoms with van der Waals surface area (Å²) in [6, 6.07) is 0. The van der Waals surface area contributed by atoms with Gasteiger partial charge in [-0.3, -0.25) is 4.57 Å². The van der Waals surface area contributed by atoms with E-state index in [4.69, 9.17) is 9.26 Å². The topological polar surface area (TPSA) is 52.6 Å². The molecule has 0 spiro atoms. The largest absolute Gasteiger partial charge is 0.463 e. The molecule has 0 aromatic heterocycles. The molecule has 0 saturated carbocycles. The number of unbranched alkanes of at least 4 members (excludes halogenated alkanes) is 7. The van der Waals surface area contributed by atoms with E-state index in [-0.39, 0.29) is 18.0 Å². The molecular weight excluding hydrogens is 347 g/mol. The van der Waals surface area contributed by atoms with Gasteiger partial charge in [0, 0.05) is 11.7 Å². The van der Waals surface area contributed by atoms with Gasteiger partial charge in [-0.25, -0.2) is 4.79 Å². The van der Waals surface area contributed by atoms with Gasteiger partial charge in [-0.2, -0.15) is 0 Å². The normalized spacial score (nSPS) is 14.5. The molecule has 0 aliphatic heterocycles. The first-order chi connectivity index (χ1) is 12.4. The van der Waals surface area contributed by atoms with Crippen molar-refractivity contribution in [2.24, 2.45) is 5.92 Å². The molecule has 5 heteroatoms. The van der Waals surface area contributed by atoms with Crippen LogP contribution < -0.4 is 0 Å². The molecule has 0 amide bonds. The van der Waals surface area contributed by atoms with E-state index in [9.17, 15) is 9.36 Å². The molecule has 1 unspecified atom stereocenters. The fourth-order valence-corrected chi connectivity index (χ4v) is 5.71. The standard InChI is InChI=1S/C21H41O4P/c1-6-9-10-11-12-13-14-15-16-20(21(22)24-7-2)18-26(23,25-8-3)17-19(4)5/h16,19H,6-15,17-18H2,1-5H3. The molecule has 0 radical (unpaired) electrons. The summed E-state index contributed by atoms with van der Waals surface area (Å²) in [6.07, 6.45) is 12.1. The lowest BCUT2D eigenvalue weighted by Crippen LogP contribution is -2.14. The predicted octanol–water partition coefficient (Wildman–Crippen LogP) is 6.59. The summed E-state index contributed by atoms with van der Waals surface area (Å²) < 4.78 is 23.9. The second kappa shape index (κ2) is 15.5. The Morgan fingerprint density at radius 2 is 1.58 bits per heavy atom. The quantitative estimate of drug-likeness (QED) is 0.130. The molecule has 0 aromatic carbocycles. The molecule has 0 aliphatic rings. The number of hydrogen-bond donors (Lipinski definition) is 0. The Labute approximate surface area is 161 Å². The molecule has 26 heavy (non-hydrogen) atoms. The van der Waals surface area contributed by atoms with Crippen LogP contribution in [0.3, 0.4) is 0 Å². The van der Waals surface area contributed by atoms with Crippen molar-refractivity contribution in [1.29, 1.82) is 0 Å². The Hall–Kier alpha value is -0.600. The highest BCUT2D eigenvalue weighted by Crippen LogP contribution is 2.50. The Morgan fingerprint density at radius 1 is 0.962 bits per heavy atom. The van der Waals surface area contributed by atoms with Gasteiger partial charge in [-0.15, -0.1) is 0 Å². The average Bonchev–Trinajstić information content (AvgIpc) is 2.55. The summed E-state index contributed by atoms with van der Waals surface area (Å²) in [5.41, 5.74) is 0.523. The predicted molar refractivity (Wildman–Crippen MR) is 111 cm³/mol. The molecule has 1 atom stereocenters. The van der Waals surface area contributed by atoms with Crippen LogP contribution in [0.4, 0.5) is 0 Å². The number of rotatable bonds is 16. The van der Waals surface area contributed by atoms with Crippen LogP contribution in [0.5, 0.6) is 0 Å². The van der Waals surface area contributed by atoms with E-state index in [1.807, 2.05) is 26.8 Å². The maximum absolute atomic E-state index is 13.1. The highest BCUT2D eigenvalue weighted by atomic mass is 31.2. The van der Waals surface area contributed by atoms with Gasteiger partial charge in [-0.1, -0.05) is 65.4 Å². The van der Waals surface area contributed by atoms with Gasteiger partial charge in [0.2, 0.25) is 7.37 Å². The van der Waals surface area contributed by atoms with E-state index in [0.717, 1.165) is 12.8 Å². The molecule has 0 saturated heterocycles. The first-order valence-corrected chi connectivity index (χ1v) is 12.5. The van der Waals surface area contributed by atoms with Gasteiger partial charge >= 0.3 is 5.97 Å². The Morgan fingerprint density at radius 3 is 2.12 bits per heavy atom. The van der Waals surface area contributed by atoms with Gasteiger partial charge in [0.25, 0.3) is 0 Å². The zero-order chi connectivity index (χ0) is 19.8. The van der Waals surface area contributed by atoms with E-state index >= 15 is 0 Å². The summed E-state index contributed by atoms with van der Waals surface area (Å²) in [5.74, 6) is -0.0851. The van der Waals surface area contributed by atoms with E-state index in [2.05, 4.69) is 6.92 Å². The summed E-state index contributed by atoms with van der Waals surface area (Å²) in [6.45, 7) is 10.6. The van der Waals surface area contributed by atoms with Crippen molar-refractivity contribution >= 4 is 13.3 Å². The SMILES string of the molecule is CCCCCCCCCC=C(CP(=O)(CC(C)C)OCC)C(=O)OCC. The van der Waals surface area contributed by atoms with Gasteiger partial charge < -0.3 is 9.26 Å². The Balaban J connectivity index is 4.72. The molecule has 0 heterocycles. The maximum atomic E-state index is 13.1. The zero-order valence-electron chi connectivity index (χ0n) is 17.7. The van der Waals surface area contributed by atoms with Crippen LogP contribution in [0.2, 0.25) is 0 Å². The smallest absolute Gasteiger partial charge is 0.334 e. The van der Waals surface area contributed by atoms with Gasteiger partial charge in [-0.05, 0) is 32.6 Å². The van der Waals surface area contributed by atoms with Crippen LogP contribution in [0.15, 0.2) is 11.6 Å². The van der Waals surface area contributed by atoms with Crippen LogP contribution in [-0.4, -0.2) is 31.5 Å². The first-order valence-electron chi connectivity index (χ1n) is 10.5. The van der Waals surface area contributed by atoms with Crippen molar-refractivity contribution in [2.75, 3.05) is 25.5 Å². The van der Waals surface area contributed by atoms with Crippen LogP contribution in [0.25, 0.3) is 0 Å². The fourth-order valence-electron chi connectivity index (χ4n) is 3.03. The van der Waals surface area contributed by atoms with Crippen LogP contribution >= 0.6 is 7.37 Å². The number of carbonyl (C=O) groups is 1. The van der Waals surface area contributed by atoms with E-state index < -0.39 is 7.37 Å². The van der Waals surface area contributed by atoms with Gasteiger partial charge in [0.15, 0.2) is 0 Å². The molecule has 0 rings (SSSR count). The minimum atomic E-state index is -2.85. The molecule has 4 nitrogen and oxygen atoms in total. The third-order valence-corrected chi connectivity index (χ3v) is 6.99. The van der Waals surface area contributed by atoms with Crippen molar-refractivity contribution in [2.45, 2.75) is 86.0 Å². The third kappa shape index (κ3) is 12.7. The summed E-state index contributed by atoms with van der Waals surface area (Å²) >= 11 is 0. The van der Waals surface area contributed by atoms with Crippen LogP contribution in [-0.2, 0) is 18.6 Å². The first kappa shape index (κ1) is 25.4. The van der Waals surface area contributed by atoms with Crippen molar-refractivity contribution in [3.63, 3.8) is 0 Å². The summed E-state index contributed by atoms with van der Waals surface area (Å²) in [5, 5.41) is 0. The Kier molecular flexibility index (Phi) is 15.1. The summed E-state index contributed by atoms with van der Waals surface area (Å²) in [4.78, 5) is 12.3. The van der Waals surface area contributed by atoms with E-state index in [1.54, 1.807) is 6.92 Å². The van der Waals surface area contributed by atoms with Crippen LogP contribution in [0, 0.1) is 5.92 Å². The van der Waals surface area contributed by atoms with Crippen LogP contribution in [0.1, 0.15) is 86.0 Å². The molecule has 0 N–H and O–H groups in total. The molecule has 0 fully saturated rings.